The normalized spacial score (nSPS) is 15.8. The second kappa shape index (κ2) is 1.16. The first kappa shape index (κ1) is 3.45. The van der Waals surface area contributed by atoms with Gasteiger partial charge in [0.05, 0.1) is 0 Å². The Morgan fingerprint density at radius 2 is 2.50 bits per heavy atom. The van der Waals surface area contributed by atoms with E-state index < -0.39 is 0 Å². The summed E-state index contributed by atoms with van der Waals surface area (Å²) in [6.45, 7) is 2.00. The standard InChI is InChI=1S/C6H5/c1-6-4-2-3-5-6/h2,5H,1H3/i2+1,3+1. The topological polar surface area (TPSA) is 0 Å². The fourth-order valence-electron chi connectivity index (χ4n) is 0.364. The molecule has 0 saturated carbocycles. The zero-order valence-electron chi connectivity index (χ0n) is 3.65. The molecule has 0 bridgehead atoms. The van der Waals surface area contributed by atoms with Crippen LogP contribution in [0.1, 0.15) is 6.92 Å². The number of hydrogen-bond donors (Lipinski definition) is 0. The highest BCUT2D eigenvalue weighted by molar-refractivity contribution is 5.22. The van der Waals surface area contributed by atoms with Crippen LogP contribution in [-0.4, -0.2) is 0 Å². The lowest BCUT2D eigenvalue weighted by Gasteiger charge is -1.68. The maximum Gasteiger partial charge on any atom is -0.00848 e. The van der Waals surface area contributed by atoms with Crippen molar-refractivity contribution < 1.29 is 0 Å². The van der Waals surface area contributed by atoms with Gasteiger partial charge in [0.25, 0.3) is 0 Å². The molecule has 1 rings (SSSR count). The lowest BCUT2D eigenvalue weighted by atomic mass is 10.4. The Morgan fingerprint density at radius 3 is 2.67 bits per heavy atom. The Bertz CT molecular complexity index is 132. The summed E-state index contributed by atoms with van der Waals surface area (Å²) in [7, 11) is 0. The van der Waals surface area contributed by atoms with Crippen LogP contribution in [0.4, 0.5) is 0 Å². The van der Waals surface area contributed by atoms with E-state index in [0.29, 0.717) is 0 Å². The van der Waals surface area contributed by atoms with Gasteiger partial charge >= 0.3 is 0 Å². The van der Waals surface area contributed by atoms with Crippen molar-refractivity contribution >= 4 is 0 Å². The van der Waals surface area contributed by atoms with Crippen LogP contribution in [-0.2, 0) is 0 Å². The summed E-state index contributed by atoms with van der Waals surface area (Å²) in [6, 6.07) is 0. The second-order valence-electron chi connectivity index (χ2n) is 1.28. The first-order chi connectivity index (χ1) is 2.89. The monoisotopic (exact) mass is 79.0 g/mol. The summed E-state index contributed by atoms with van der Waals surface area (Å²) >= 11 is 0. The van der Waals surface area contributed by atoms with E-state index >= 15 is 0 Å². The highest BCUT2D eigenvalue weighted by atomic mass is 14.3. The minimum Gasteiger partial charge on any atom is -0.117 e. The summed E-state index contributed by atoms with van der Waals surface area (Å²) in [5.74, 6) is 0. The van der Waals surface area contributed by atoms with Gasteiger partial charge in [-0.1, -0.05) is 0 Å². The minimum atomic E-state index is 1.16. The number of allylic oxidation sites excluding steroid dienone is 3. The molecule has 0 atom stereocenters. The fraction of sp³-hybridized carbons (Fsp3) is 0.167. The van der Waals surface area contributed by atoms with Crippen molar-refractivity contribution in [1.29, 1.82) is 0 Å². The third-order valence-corrected chi connectivity index (χ3v) is 0.683. The molecule has 0 aromatic carbocycles. The molecule has 0 heteroatoms. The van der Waals surface area contributed by atoms with Crippen molar-refractivity contribution in [3.05, 3.63) is 29.5 Å². The van der Waals surface area contributed by atoms with Gasteiger partial charge in [0.1, 0.15) is 0 Å². The highest BCUT2D eigenvalue weighted by Crippen LogP contribution is 1.95. The van der Waals surface area contributed by atoms with Gasteiger partial charge in [-0.2, -0.15) is 0 Å². The maximum absolute atomic E-state index is 2.94. The van der Waals surface area contributed by atoms with Crippen molar-refractivity contribution in [2.24, 2.45) is 0 Å². The predicted molar refractivity (Wildman–Crippen MR) is 25.1 cm³/mol. The molecule has 1 radical (unpaired) electrons. The molecule has 0 unspecified atom stereocenters. The Hall–Kier alpha value is -0.740. The Balaban J connectivity index is 2.98. The Labute approximate surface area is 37.5 Å². The van der Waals surface area contributed by atoms with Gasteiger partial charge in [-0.3, -0.25) is 0 Å². The molecular formula is C6H5. The average Bonchev–Trinajstić information content (AvgIpc) is 1.86. The molecule has 29 valence electrons. The molecule has 0 amide bonds. The molecule has 0 fully saturated rings. The molecule has 0 nitrogen and oxygen atoms in total. The van der Waals surface area contributed by atoms with E-state index in [1.807, 2.05) is 13.0 Å². The van der Waals surface area contributed by atoms with E-state index in [1.54, 1.807) is 6.08 Å². The van der Waals surface area contributed by atoms with Crippen LogP contribution in [0.2, 0.25) is 0 Å². The van der Waals surface area contributed by atoms with Gasteiger partial charge in [-0.25, -0.2) is 0 Å². The molecule has 0 saturated heterocycles. The van der Waals surface area contributed by atoms with Crippen LogP contribution < -0.4 is 0 Å². The van der Waals surface area contributed by atoms with Crippen molar-refractivity contribution in [2.45, 2.75) is 6.92 Å². The molecule has 0 aliphatic heterocycles. The molecule has 0 heterocycles. The summed E-state index contributed by atoms with van der Waals surface area (Å²) < 4.78 is 0. The van der Waals surface area contributed by atoms with E-state index in [0.717, 1.165) is 5.57 Å². The summed E-state index contributed by atoms with van der Waals surface area (Å²) in [4.78, 5) is 0. The lowest BCUT2D eigenvalue weighted by molar-refractivity contribution is 1.57. The molecule has 0 aromatic rings. The maximum atomic E-state index is 2.94. The van der Waals surface area contributed by atoms with E-state index in [9.17, 15) is 0 Å². The third-order valence-electron chi connectivity index (χ3n) is 0.683. The average molecular weight is 79.1 g/mol. The Kier molecular flexibility index (Phi) is 0.664. The van der Waals surface area contributed by atoms with Crippen molar-refractivity contribution in [3.63, 3.8) is 0 Å². The zero-order chi connectivity index (χ0) is 4.41. The minimum absolute atomic E-state index is 1.16. The predicted octanol–water partition coefficient (Wildman–Crippen LogP) is 1.46. The van der Waals surface area contributed by atoms with Gasteiger partial charge in [-0.15, -0.1) is 5.73 Å². The third kappa shape index (κ3) is 0.425. The summed E-state index contributed by atoms with van der Waals surface area (Å²) in [5, 5.41) is 0. The van der Waals surface area contributed by atoms with Crippen LogP contribution in [0.15, 0.2) is 23.5 Å². The first-order valence-corrected chi connectivity index (χ1v) is 1.90. The molecule has 1 aliphatic rings. The summed E-state index contributed by atoms with van der Waals surface area (Å²) in [5.41, 5.74) is 4.11. The van der Waals surface area contributed by atoms with Crippen LogP contribution >= 0.6 is 0 Å². The first-order valence-electron chi connectivity index (χ1n) is 1.90. The highest BCUT2D eigenvalue weighted by Gasteiger charge is 1.78. The summed E-state index contributed by atoms with van der Waals surface area (Å²) in [6.07, 6.45) is 6.56. The van der Waals surface area contributed by atoms with Crippen LogP contribution in [0.5, 0.6) is 0 Å². The molecular weight excluding hydrogens is 74.1 g/mol. The van der Waals surface area contributed by atoms with Crippen LogP contribution in [0.3, 0.4) is 0 Å². The largest absolute Gasteiger partial charge is 0.117 e. The van der Waals surface area contributed by atoms with Crippen molar-refractivity contribution in [1.82, 2.24) is 0 Å². The fourth-order valence-corrected chi connectivity index (χ4v) is 0.364. The van der Waals surface area contributed by atoms with Crippen molar-refractivity contribution in [3.8, 4) is 0 Å². The number of rotatable bonds is 0. The van der Waals surface area contributed by atoms with Crippen molar-refractivity contribution in [2.75, 3.05) is 0 Å². The van der Waals surface area contributed by atoms with Crippen LogP contribution in [0.25, 0.3) is 0 Å². The second-order valence-corrected chi connectivity index (χ2v) is 1.28. The van der Waals surface area contributed by atoms with Gasteiger partial charge in [0, 0.05) is 0 Å². The lowest BCUT2D eigenvalue weighted by Crippen LogP contribution is -1.50. The van der Waals surface area contributed by atoms with E-state index in [1.165, 1.54) is 0 Å². The molecule has 6 heavy (non-hydrogen) atoms. The number of hydrogen-bond acceptors (Lipinski definition) is 0. The SMILES string of the molecule is CC1=C=[13CH][13C]=C1. The van der Waals surface area contributed by atoms with E-state index in [4.69, 9.17) is 0 Å². The quantitative estimate of drug-likeness (QED) is 0.304. The molecule has 0 spiro atoms. The van der Waals surface area contributed by atoms with E-state index in [2.05, 4.69) is 11.8 Å². The molecule has 0 aromatic heterocycles. The zero-order valence-corrected chi connectivity index (χ0v) is 3.65. The Morgan fingerprint density at radius 1 is 1.67 bits per heavy atom. The van der Waals surface area contributed by atoms with Gasteiger partial charge in [-0.05, 0) is 30.7 Å². The van der Waals surface area contributed by atoms with Gasteiger partial charge < -0.3 is 0 Å². The smallest absolute Gasteiger partial charge is 0.00848 e. The molecule has 0 N–H and O–H groups in total. The van der Waals surface area contributed by atoms with Gasteiger partial charge in [0.15, 0.2) is 0 Å². The van der Waals surface area contributed by atoms with Crippen LogP contribution in [0, 0.1) is 6.08 Å². The van der Waals surface area contributed by atoms with Gasteiger partial charge in [0.2, 0.25) is 0 Å². The van der Waals surface area contributed by atoms with E-state index in [-0.39, 0.29) is 0 Å². The molecule has 1 aliphatic carbocycles.